The van der Waals surface area contributed by atoms with Crippen LogP contribution in [0.25, 0.3) is 0 Å². The molecule has 0 atom stereocenters. The van der Waals surface area contributed by atoms with Crippen molar-refractivity contribution in [3.05, 3.63) is 52.3 Å². The molecule has 2 amide bonds. The minimum absolute atomic E-state index is 0.0262. The zero-order chi connectivity index (χ0) is 21.9. The molecule has 0 aromatic heterocycles. The summed E-state index contributed by atoms with van der Waals surface area (Å²) in [6.07, 6.45) is 2.27. The molecule has 0 saturated heterocycles. The molecule has 2 rings (SSSR count). The minimum Gasteiger partial charge on any atom is -0.493 e. The van der Waals surface area contributed by atoms with E-state index >= 15 is 0 Å². The summed E-state index contributed by atoms with van der Waals surface area (Å²) in [5.74, 6) is 0.000269. The van der Waals surface area contributed by atoms with Gasteiger partial charge in [0, 0.05) is 18.5 Å². The van der Waals surface area contributed by atoms with Crippen LogP contribution in [0.3, 0.4) is 0 Å². The molecule has 0 unspecified atom stereocenters. The van der Waals surface area contributed by atoms with Crippen molar-refractivity contribution in [3.63, 3.8) is 0 Å². The number of rotatable bonds is 10. The van der Waals surface area contributed by atoms with Crippen LogP contribution in [0, 0.1) is 5.82 Å². The fourth-order valence-electron chi connectivity index (χ4n) is 2.38. The van der Waals surface area contributed by atoms with Crippen molar-refractivity contribution in [2.24, 2.45) is 5.10 Å². The van der Waals surface area contributed by atoms with Crippen LogP contribution in [-0.2, 0) is 9.59 Å². The van der Waals surface area contributed by atoms with Gasteiger partial charge < -0.3 is 14.8 Å². The lowest BCUT2D eigenvalue weighted by Crippen LogP contribution is -2.20. The molecule has 9 heteroatoms. The molecule has 0 fully saturated rings. The van der Waals surface area contributed by atoms with E-state index in [1.54, 1.807) is 19.2 Å². The fraction of sp³-hybridized carbons (Fsp3) is 0.286. The average molecular weight is 480 g/mol. The highest BCUT2D eigenvalue weighted by Gasteiger charge is 2.11. The Kier molecular flexibility index (Phi) is 9.27. The van der Waals surface area contributed by atoms with Gasteiger partial charge in [0.15, 0.2) is 11.5 Å². The number of amides is 2. The van der Waals surface area contributed by atoms with Gasteiger partial charge in [0.05, 0.1) is 24.4 Å². The van der Waals surface area contributed by atoms with Crippen LogP contribution in [0.15, 0.2) is 46.0 Å². The maximum atomic E-state index is 12.9. The first-order valence-electron chi connectivity index (χ1n) is 9.30. The van der Waals surface area contributed by atoms with Crippen LogP contribution in [0.1, 0.15) is 31.7 Å². The molecule has 2 N–H and O–H groups in total. The van der Waals surface area contributed by atoms with E-state index in [1.165, 1.54) is 30.5 Å². The summed E-state index contributed by atoms with van der Waals surface area (Å²) in [6.45, 7) is 2.57. The number of halogens is 2. The second-order valence-corrected chi connectivity index (χ2v) is 7.09. The lowest BCUT2D eigenvalue weighted by molar-refractivity contribution is -0.124. The van der Waals surface area contributed by atoms with E-state index in [4.69, 9.17) is 9.47 Å². The average Bonchev–Trinajstić information content (AvgIpc) is 2.73. The number of ether oxygens (including phenoxy) is 2. The molecular formula is C21H23BrFN3O4. The van der Waals surface area contributed by atoms with E-state index in [0.717, 1.165) is 6.42 Å². The quantitative estimate of drug-likeness (QED) is 0.393. The van der Waals surface area contributed by atoms with Crippen molar-refractivity contribution in [2.75, 3.05) is 19.0 Å². The Morgan fingerprint density at radius 3 is 2.53 bits per heavy atom. The normalized spacial score (nSPS) is 10.7. The van der Waals surface area contributed by atoms with Gasteiger partial charge in [-0.25, -0.2) is 9.82 Å². The van der Waals surface area contributed by atoms with Crippen LogP contribution < -0.4 is 20.2 Å². The number of anilines is 1. The smallest absolute Gasteiger partial charge is 0.240 e. The van der Waals surface area contributed by atoms with Crippen LogP contribution >= 0.6 is 15.9 Å². The zero-order valence-electron chi connectivity index (χ0n) is 16.7. The summed E-state index contributed by atoms with van der Waals surface area (Å²) in [7, 11) is 1.54. The third kappa shape index (κ3) is 7.47. The minimum atomic E-state index is -0.408. The van der Waals surface area contributed by atoms with Crippen LogP contribution in [0.4, 0.5) is 10.1 Å². The van der Waals surface area contributed by atoms with E-state index in [-0.39, 0.29) is 18.7 Å². The lowest BCUT2D eigenvalue weighted by Gasteiger charge is -2.12. The molecule has 0 aliphatic rings. The molecule has 2 aromatic carbocycles. The van der Waals surface area contributed by atoms with Gasteiger partial charge >= 0.3 is 0 Å². The Labute approximate surface area is 182 Å². The van der Waals surface area contributed by atoms with Gasteiger partial charge in [0.1, 0.15) is 5.82 Å². The van der Waals surface area contributed by atoms with E-state index in [9.17, 15) is 14.0 Å². The lowest BCUT2D eigenvalue weighted by atomic mass is 10.2. The third-order valence-electron chi connectivity index (χ3n) is 3.81. The summed E-state index contributed by atoms with van der Waals surface area (Å²) in [5.41, 5.74) is 3.53. The molecule has 0 saturated carbocycles. The molecule has 30 heavy (non-hydrogen) atoms. The molecule has 0 heterocycles. The first kappa shape index (κ1) is 23.3. The van der Waals surface area contributed by atoms with Crippen LogP contribution in [-0.4, -0.2) is 31.7 Å². The molecule has 0 bridgehead atoms. The first-order valence-corrected chi connectivity index (χ1v) is 10.1. The molecule has 160 valence electrons. The van der Waals surface area contributed by atoms with E-state index in [0.29, 0.717) is 33.8 Å². The predicted molar refractivity (Wildman–Crippen MR) is 116 cm³/mol. The molecule has 0 aliphatic heterocycles. The van der Waals surface area contributed by atoms with Gasteiger partial charge in [-0.1, -0.05) is 6.92 Å². The van der Waals surface area contributed by atoms with Crippen molar-refractivity contribution in [1.29, 1.82) is 0 Å². The summed E-state index contributed by atoms with van der Waals surface area (Å²) < 4.78 is 24.6. The SMILES string of the molecule is CCCOc1c(Br)cc(C=NNC(=O)CCC(=O)Nc2ccc(F)cc2)cc1OC. The van der Waals surface area contributed by atoms with Crippen molar-refractivity contribution < 1.29 is 23.5 Å². The van der Waals surface area contributed by atoms with Gasteiger partial charge in [0.25, 0.3) is 0 Å². The highest BCUT2D eigenvalue weighted by molar-refractivity contribution is 9.10. The number of hydrogen-bond acceptors (Lipinski definition) is 5. The summed E-state index contributed by atoms with van der Waals surface area (Å²) in [5, 5.41) is 6.50. The van der Waals surface area contributed by atoms with E-state index < -0.39 is 11.7 Å². The molecule has 2 aromatic rings. The zero-order valence-corrected chi connectivity index (χ0v) is 18.3. The van der Waals surface area contributed by atoms with Crippen LogP contribution in [0.5, 0.6) is 11.5 Å². The van der Waals surface area contributed by atoms with Crippen molar-refractivity contribution in [3.8, 4) is 11.5 Å². The highest BCUT2D eigenvalue weighted by atomic mass is 79.9. The number of hydrogen-bond donors (Lipinski definition) is 2. The maximum Gasteiger partial charge on any atom is 0.240 e. The molecule has 0 radical (unpaired) electrons. The largest absolute Gasteiger partial charge is 0.493 e. The van der Waals surface area contributed by atoms with Crippen molar-refractivity contribution >= 4 is 39.6 Å². The maximum absolute atomic E-state index is 12.9. The standard InChI is InChI=1S/C21H23BrFN3O4/c1-3-10-30-21-17(22)11-14(12-18(21)29-2)13-24-26-20(28)9-8-19(27)25-16-6-4-15(23)5-7-16/h4-7,11-13H,3,8-10H2,1-2H3,(H,25,27)(H,26,28). The molecular weight excluding hydrogens is 457 g/mol. The van der Waals surface area contributed by atoms with Gasteiger partial charge in [0.2, 0.25) is 11.8 Å². The molecule has 0 aliphatic carbocycles. The monoisotopic (exact) mass is 479 g/mol. The van der Waals surface area contributed by atoms with E-state index in [2.05, 4.69) is 31.8 Å². The first-order chi connectivity index (χ1) is 14.4. The van der Waals surface area contributed by atoms with Gasteiger partial charge in [-0.2, -0.15) is 5.10 Å². The summed E-state index contributed by atoms with van der Waals surface area (Å²) in [6, 6.07) is 8.91. The Hall–Kier alpha value is -2.94. The number of nitrogens with zero attached hydrogens (tertiary/aromatic N) is 1. The van der Waals surface area contributed by atoms with Gasteiger partial charge in [-0.3, -0.25) is 9.59 Å². The number of nitrogens with one attached hydrogen (secondary N) is 2. The number of hydrazone groups is 1. The number of methoxy groups -OCH3 is 1. The Morgan fingerprint density at radius 1 is 1.17 bits per heavy atom. The Morgan fingerprint density at radius 2 is 1.87 bits per heavy atom. The summed E-state index contributed by atoms with van der Waals surface area (Å²) >= 11 is 3.44. The Bertz CT molecular complexity index is 904. The fourth-order valence-corrected chi connectivity index (χ4v) is 2.95. The van der Waals surface area contributed by atoms with E-state index in [1.807, 2.05) is 6.92 Å². The second-order valence-electron chi connectivity index (χ2n) is 6.23. The molecule has 0 spiro atoms. The van der Waals surface area contributed by atoms with Crippen LogP contribution in [0.2, 0.25) is 0 Å². The Balaban J connectivity index is 1.84. The second kappa shape index (κ2) is 11.9. The topological polar surface area (TPSA) is 89.0 Å². The third-order valence-corrected chi connectivity index (χ3v) is 4.40. The molecule has 7 nitrogen and oxygen atoms in total. The number of benzene rings is 2. The van der Waals surface area contributed by atoms with Gasteiger partial charge in [-0.05, 0) is 64.3 Å². The highest BCUT2D eigenvalue weighted by Crippen LogP contribution is 2.36. The van der Waals surface area contributed by atoms with Crippen molar-refractivity contribution in [2.45, 2.75) is 26.2 Å². The summed E-state index contributed by atoms with van der Waals surface area (Å²) in [4.78, 5) is 23.7. The van der Waals surface area contributed by atoms with Gasteiger partial charge in [-0.15, -0.1) is 0 Å². The number of carbonyl (C=O) groups excluding carboxylic acids is 2. The predicted octanol–water partition coefficient (Wildman–Crippen LogP) is 4.25. The van der Waals surface area contributed by atoms with Crippen molar-refractivity contribution in [1.82, 2.24) is 5.43 Å². The number of carbonyl (C=O) groups is 2.